The number of carbonyl (C=O) groups is 3. The van der Waals surface area contributed by atoms with Crippen molar-refractivity contribution in [3.8, 4) is 17.1 Å². The van der Waals surface area contributed by atoms with Crippen LogP contribution >= 0.6 is 11.3 Å². The quantitative estimate of drug-likeness (QED) is 0.0759. The lowest BCUT2D eigenvalue weighted by Gasteiger charge is -2.45. The Morgan fingerprint density at radius 1 is 1.04 bits per heavy atom. The van der Waals surface area contributed by atoms with E-state index in [1.807, 2.05) is 60.7 Å². The van der Waals surface area contributed by atoms with Crippen LogP contribution < -0.4 is 25.6 Å². The van der Waals surface area contributed by atoms with E-state index >= 15 is 0 Å². The summed E-state index contributed by atoms with van der Waals surface area (Å²) >= 11 is 0.921. The first-order valence-electron chi connectivity index (χ1n) is 17.2. The van der Waals surface area contributed by atoms with Crippen LogP contribution in [0.1, 0.15) is 50.1 Å². The summed E-state index contributed by atoms with van der Waals surface area (Å²) in [5.41, 5.74) is -1.83. The molecule has 1 aliphatic carbocycles. The fourth-order valence-electron chi connectivity index (χ4n) is 6.26. The standard InChI is InChI=1S/C36H35N9O10S2/c1-35(2,3)55-34(49)40-33-38-24(20-56-33)29(37)31(47)39-30-32(48)45(57(50,51)52)36(30)15-28(36)43-16-23(41-42-43)25-14-26(46)27(53-18-21-10-6-4-7-11-21)17-44(25)54-19-22-12-8-5-9-13-22/h4-14,16-17,20,28,30,37H,15,18-19H2,1-3H3,(H,39,47)(H,38,40,49)(H,50,51,52)/t28-,30-,36+/m1/s1. The number of benzene rings is 2. The first-order valence-corrected chi connectivity index (χ1v) is 19.5. The van der Waals surface area contributed by atoms with Gasteiger partial charge in [-0.25, -0.2) is 18.8 Å². The molecule has 4 heterocycles. The lowest BCUT2D eigenvalue weighted by Crippen LogP contribution is -2.75. The monoisotopic (exact) mass is 817 g/mol. The van der Waals surface area contributed by atoms with Crippen LogP contribution in [0.4, 0.5) is 9.93 Å². The van der Waals surface area contributed by atoms with Crippen LogP contribution in [-0.2, 0) is 37.8 Å². The Bertz CT molecular complexity index is 2540. The predicted molar refractivity (Wildman–Crippen MR) is 203 cm³/mol. The number of pyridine rings is 1. The van der Waals surface area contributed by atoms with E-state index < -0.39 is 62.6 Å². The second kappa shape index (κ2) is 14.9. The Labute approximate surface area is 328 Å². The number of rotatable bonds is 13. The van der Waals surface area contributed by atoms with Gasteiger partial charge in [0.15, 0.2) is 10.9 Å². The summed E-state index contributed by atoms with van der Waals surface area (Å²) < 4.78 is 48.8. The number of hydrogen-bond donors (Lipinski definition) is 4. The Morgan fingerprint density at radius 3 is 2.35 bits per heavy atom. The highest BCUT2D eigenvalue weighted by Gasteiger charge is 2.79. The van der Waals surface area contributed by atoms with Crippen LogP contribution in [-0.4, -0.2) is 82.8 Å². The summed E-state index contributed by atoms with van der Waals surface area (Å²) in [6.45, 7) is 5.23. The number of ether oxygens (including phenoxy) is 2. The average Bonchev–Trinajstić information content (AvgIpc) is 3.46. The van der Waals surface area contributed by atoms with Crippen LogP contribution in [0.15, 0.2) is 89.3 Å². The van der Waals surface area contributed by atoms with E-state index in [0.29, 0.717) is 0 Å². The van der Waals surface area contributed by atoms with Crippen molar-refractivity contribution < 1.29 is 41.7 Å². The molecule has 57 heavy (non-hydrogen) atoms. The maximum atomic E-state index is 13.3. The van der Waals surface area contributed by atoms with Gasteiger partial charge in [-0.15, -0.1) is 16.4 Å². The Kier molecular flexibility index (Phi) is 10.1. The topological polar surface area (TPSA) is 250 Å². The molecule has 4 N–H and O–H groups in total. The van der Waals surface area contributed by atoms with Crippen molar-refractivity contribution in [3.63, 3.8) is 0 Å². The first-order chi connectivity index (χ1) is 27.0. The van der Waals surface area contributed by atoms with E-state index in [0.717, 1.165) is 22.5 Å². The number of aromatic nitrogens is 5. The number of nitrogens with one attached hydrogen (secondary N) is 3. The highest BCUT2D eigenvalue weighted by Crippen LogP contribution is 2.61. The van der Waals surface area contributed by atoms with Crippen LogP contribution in [0.2, 0.25) is 0 Å². The summed E-state index contributed by atoms with van der Waals surface area (Å²) in [4.78, 5) is 62.0. The Morgan fingerprint density at radius 2 is 1.70 bits per heavy atom. The third kappa shape index (κ3) is 8.11. The van der Waals surface area contributed by atoms with Gasteiger partial charge in [0.1, 0.15) is 53.2 Å². The molecule has 1 spiro atoms. The van der Waals surface area contributed by atoms with Gasteiger partial charge in [-0.2, -0.15) is 13.1 Å². The minimum atomic E-state index is -5.11. The third-order valence-electron chi connectivity index (χ3n) is 8.89. The summed E-state index contributed by atoms with van der Waals surface area (Å²) in [5.74, 6) is -2.21. The minimum Gasteiger partial charge on any atom is -0.483 e. The van der Waals surface area contributed by atoms with E-state index in [4.69, 9.17) is 19.7 Å². The van der Waals surface area contributed by atoms with Crippen LogP contribution in [0, 0.1) is 5.41 Å². The minimum absolute atomic E-state index is 0.00157. The highest BCUT2D eigenvalue weighted by molar-refractivity contribution is 7.84. The van der Waals surface area contributed by atoms with Gasteiger partial charge in [0, 0.05) is 17.9 Å². The van der Waals surface area contributed by atoms with E-state index in [1.165, 1.54) is 33.3 Å². The SMILES string of the molecule is CC(C)(C)OC(=O)Nc1nc(C(=N)C(=O)N[C@@H]2C(=O)N(S(=O)(=O)O)[C@]23C[C@H]3n2cc(-c3cc(=O)c(OCc4ccccc4)cn3OCc3ccccc3)nn2)cs1. The van der Waals surface area contributed by atoms with Crippen molar-refractivity contribution in [1.29, 1.82) is 5.41 Å². The number of thiazole rings is 1. The Hall–Kier alpha value is -6.45. The van der Waals surface area contributed by atoms with Crippen molar-refractivity contribution in [1.82, 2.24) is 34.3 Å². The second-order valence-corrected chi connectivity index (χ2v) is 16.2. The molecule has 7 rings (SSSR count). The number of anilines is 1. The molecule has 0 radical (unpaired) electrons. The van der Waals surface area contributed by atoms with Gasteiger partial charge in [0.25, 0.3) is 11.8 Å². The van der Waals surface area contributed by atoms with E-state index in [2.05, 4.69) is 25.9 Å². The zero-order valence-corrected chi connectivity index (χ0v) is 32.1. The lowest BCUT2D eigenvalue weighted by atomic mass is 9.94. The van der Waals surface area contributed by atoms with Crippen LogP contribution in [0.25, 0.3) is 11.4 Å². The molecule has 0 unspecified atom stereocenters. The summed E-state index contributed by atoms with van der Waals surface area (Å²) in [6.07, 6.45) is 1.90. The molecule has 3 aromatic heterocycles. The lowest BCUT2D eigenvalue weighted by molar-refractivity contribution is -0.147. The number of hydrogen-bond acceptors (Lipinski definition) is 14. The molecule has 5 aromatic rings. The van der Waals surface area contributed by atoms with Crippen molar-refractivity contribution in [3.05, 3.63) is 112 Å². The van der Waals surface area contributed by atoms with Gasteiger partial charge in [0.2, 0.25) is 5.43 Å². The molecule has 2 fully saturated rings. The van der Waals surface area contributed by atoms with Crippen molar-refractivity contribution in [2.75, 3.05) is 5.32 Å². The third-order valence-corrected chi connectivity index (χ3v) is 10.6. The molecule has 3 atom stereocenters. The van der Waals surface area contributed by atoms with Crippen molar-refractivity contribution in [2.24, 2.45) is 0 Å². The zero-order chi connectivity index (χ0) is 40.7. The normalized spacial score (nSPS) is 18.7. The molecule has 1 aliphatic heterocycles. The maximum absolute atomic E-state index is 13.3. The second-order valence-electron chi connectivity index (χ2n) is 14.1. The highest BCUT2D eigenvalue weighted by atomic mass is 32.2. The number of carbonyl (C=O) groups excluding carboxylic acids is 3. The smallest absolute Gasteiger partial charge is 0.413 e. The summed E-state index contributed by atoms with van der Waals surface area (Å²) in [5, 5.41) is 22.9. The molecule has 296 valence electrons. The van der Waals surface area contributed by atoms with Gasteiger partial charge < -0.3 is 19.6 Å². The summed E-state index contributed by atoms with van der Waals surface area (Å²) in [6, 6.07) is 17.3. The molecule has 2 aliphatic rings. The first kappa shape index (κ1) is 38.8. The Balaban J connectivity index is 1.11. The van der Waals surface area contributed by atoms with Gasteiger partial charge in [-0.05, 0) is 31.9 Å². The fraction of sp³-hybridized carbons (Fsp3) is 0.278. The van der Waals surface area contributed by atoms with Crippen molar-refractivity contribution in [2.45, 2.75) is 63.6 Å². The number of amides is 3. The van der Waals surface area contributed by atoms with E-state index in [1.54, 1.807) is 20.8 Å². The summed E-state index contributed by atoms with van der Waals surface area (Å²) in [7, 11) is -5.11. The zero-order valence-electron chi connectivity index (χ0n) is 30.5. The van der Waals surface area contributed by atoms with Gasteiger partial charge in [0.05, 0.1) is 18.4 Å². The predicted octanol–water partition coefficient (Wildman–Crippen LogP) is 3.00. The number of nitrogens with zero attached hydrogens (tertiary/aromatic N) is 6. The molecule has 21 heteroatoms. The molecule has 0 bridgehead atoms. The van der Waals surface area contributed by atoms with Crippen LogP contribution in [0.3, 0.4) is 0 Å². The molecule has 19 nitrogen and oxygen atoms in total. The van der Waals surface area contributed by atoms with Crippen molar-refractivity contribution >= 4 is 50.4 Å². The van der Waals surface area contributed by atoms with Gasteiger partial charge in [-0.3, -0.25) is 29.7 Å². The van der Waals surface area contributed by atoms with Gasteiger partial charge >= 0.3 is 16.4 Å². The molecular weight excluding hydrogens is 783 g/mol. The average molecular weight is 818 g/mol. The van der Waals surface area contributed by atoms with Crippen LogP contribution in [0.5, 0.6) is 5.75 Å². The molecular formula is C36H35N9O10S2. The fourth-order valence-corrected chi connectivity index (χ4v) is 8.01. The number of β-lactam (4-membered cyclic amide) rings is 1. The largest absolute Gasteiger partial charge is 0.483 e. The molecule has 3 amide bonds. The van der Waals surface area contributed by atoms with E-state index in [9.17, 15) is 32.1 Å². The maximum Gasteiger partial charge on any atom is 0.413 e. The van der Waals surface area contributed by atoms with Gasteiger partial charge in [-0.1, -0.05) is 65.9 Å². The molecule has 1 saturated carbocycles. The molecule has 1 saturated heterocycles. The van der Waals surface area contributed by atoms with E-state index in [-0.39, 0.29) is 51.9 Å². The molecule has 2 aromatic carbocycles.